The first-order valence-electron chi connectivity index (χ1n) is 8.64. The Morgan fingerprint density at radius 3 is 3.04 bits per heavy atom. The molecule has 0 fully saturated rings. The molecule has 3 aromatic heterocycles. The van der Waals surface area contributed by atoms with Crippen LogP contribution in [0.15, 0.2) is 64.6 Å². The molecule has 0 aliphatic carbocycles. The molecule has 0 spiro atoms. The van der Waals surface area contributed by atoms with Crippen LogP contribution < -0.4 is 10.1 Å². The first-order valence-corrected chi connectivity index (χ1v) is 9.52. The maximum atomic E-state index is 10.1. The molecule has 0 bridgehead atoms. The predicted octanol–water partition coefficient (Wildman–Crippen LogP) is 3.48. The first-order chi connectivity index (χ1) is 13.3. The third-order valence-electron chi connectivity index (χ3n) is 4.04. The first kappa shape index (κ1) is 17.7. The lowest BCUT2D eigenvalue weighted by molar-refractivity contribution is 0.106. The lowest BCUT2D eigenvalue weighted by Crippen LogP contribution is -2.31. The second-order valence-electron chi connectivity index (χ2n) is 6.09. The minimum Gasteiger partial charge on any atom is -0.491 e. The zero-order chi connectivity index (χ0) is 18.5. The topological polar surface area (TPSA) is 80.4 Å². The van der Waals surface area contributed by atoms with E-state index < -0.39 is 6.10 Å². The summed E-state index contributed by atoms with van der Waals surface area (Å²) in [6.45, 7) is 1.23. The van der Waals surface area contributed by atoms with Gasteiger partial charge in [-0.2, -0.15) is 0 Å². The van der Waals surface area contributed by atoms with Crippen molar-refractivity contribution in [2.75, 3.05) is 13.2 Å². The average Bonchev–Trinajstić information content (AvgIpc) is 3.31. The molecule has 0 saturated carbocycles. The van der Waals surface area contributed by atoms with Gasteiger partial charge in [-0.25, -0.2) is 0 Å². The Hall–Kier alpha value is -2.74. The van der Waals surface area contributed by atoms with E-state index in [1.165, 1.54) is 0 Å². The van der Waals surface area contributed by atoms with Gasteiger partial charge in [0, 0.05) is 24.8 Å². The van der Waals surface area contributed by atoms with Crippen LogP contribution in [-0.4, -0.2) is 34.5 Å². The van der Waals surface area contributed by atoms with Gasteiger partial charge in [0.1, 0.15) is 28.9 Å². The van der Waals surface area contributed by atoms with Gasteiger partial charge in [-0.15, -0.1) is 11.3 Å². The van der Waals surface area contributed by atoms with Gasteiger partial charge in [-0.1, -0.05) is 23.4 Å². The molecule has 0 aliphatic heterocycles. The van der Waals surface area contributed by atoms with Crippen molar-refractivity contribution in [2.45, 2.75) is 12.6 Å². The molecule has 2 N–H and O–H groups in total. The molecule has 1 unspecified atom stereocenters. The lowest BCUT2D eigenvalue weighted by atomic mass is 10.1. The molecule has 0 amide bonds. The number of fused-ring (bicyclic) bond motifs is 1. The van der Waals surface area contributed by atoms with Crippen LogP contribution in [-0.2, 0) is 6.54 Å². The number of ether oxygens (including phenoxy) is 1. The van der Waals surface area contributed by atoms with Crippen molar-refractivity contribution in [1.82, 2.24) is 15.5 Å². The van der Waals surface area contributed by atoms with E-state index in [4.69, 9.17) is 9.26 Å². The van der Waals surface area contributed by atoms with Crippen molar-refractivity contribution in [3.63, 3.8) is 0 Å². The molecule has 0 saturated heterocycles. The van der Waals surface area contributed by atoms with Crippen LogP contribution in [0.25, 0.3) is 21.5 Å². The van der Waals surface area contributed by atoms with Crippen LogP contribution in [0.5, 0.6) is 5.75 Å². The highest BCUT2D eigenvalue weighted by Gasteiger charge is 2.12. The Labute approximate surface area is 160 Å². The summed E-state index contributed by atoms with van der Waals surface area (Å²) in [5.74, 6) is 0.684. The van der Waals surface area contributed by atoms with Crippen molar-refractivity contribution in [1.29, 1.82) is 0 Å². The van der Waals surface area contributed by atoms with E-state index in [1.807, 2.05) is 53.9 Å². The van der Waals surface area contributed by atoms with Gasteiger partial charge in [-0.05, 0) is 35.7 Å². The number of pyridine rings is 1. The fourth-order valence-electron chi connectivity index (χ4n) is 2.72. The van der Waals surface area contributed by atoms with Crippen LogP contribution in [0.1, 0.15) is 5.69 Å². The summed E-state index contributed by atoms with van der Waals surface area (Å²) < 4.78 is 12.1. The molecule has 3 heterocycles. The zero-order valence-electron chi connectivity index (χ0n) is 14.5. The highest BCUT2D eigenvalue weighted by atomic mass is 32.1. The molecule has 138 valence electrons. The smallest absolute Gasteiger partial charge is 0.178 e. The van der Waals surface area contributed by atoms with Crippen LogP contribution in [0.4, 0.5) is 0 Å². The van der Waals surface area contributed by atoms with Gasteiger partial charge >= 0.3 is 0 Å². The van der Waals surface area contributed by atoms with Gasteiger partial charge < -0.3 is 19.7 Å². The van der Waals surface area contributed by atoms with Crippen LogP contribution >= 0.6 is 11.3 Å². The summed E-state index contributed by atoms with van der Waals surface area (Å²) in [4.78, 5) is 4.23. The molecule has 4 aromatic rings. The van der Waals surface area contributed by atoms with Crippen LogP contribution in [0.3, 0.4) is 0 Å². The van der Waals surface area contributed by atoms with E-state index in [-0.39, 0.29) is 6.61 Å². The Morgan fingerprint density at radius 2 is 2.15 bits per heavy atom. The Kier molecular flexibility index (Phi) is 5.43. The minimum atomic E-state index is -0.617. The zero-order valence-corrected chi connectivity index (χ0v) is 15.4. The standard InChI is InChI=1S/C20H19N3O3S/c24-16(12-21-11-15-5-1-2-8-22-15)13-25-17-6-3-4-14(10-17)19-20-18(26-23-19)7-9-27-20/h1-10,16,21,24H,11-13H2. The Balaban J connectivity index is 1.31. The van der Waals surface area contributed by atoms with E-state index in [9.17, 15) is 5.11 Å². The number of rotatable bonds is 8. The van der Waals surface area contributed by atoms with E-state index in [1.54, 1.807) is 17.5 Å². The monoisotopic (exact) mass is 381 g/mol. The number of aliphatic hydroxyl groups excluding tert-OH is 1. The highest BCUT2D eigenvalue weighted by Crippen LogP contribution is 2.33. The number of aromatic nitrogens is 2. The van der Waals surface area contributed by atoms with Crippen LogP contribution in [0.2, 0.25) is 0 Å². The van der Waals surface area contributed by atoms with Crippen molar-refractivity contribution in [3.05, 3.63) is 65.8 Å². The van der Waals surface area contributed by atoms with E-state index in [0.717, 1.165) is 27.2 Å². The normalized spacial score (nSPS) is 12.3. The third kappa shape index (κ3) is 4.33. The average molecular weight is 381 g/mol. The van der Waals surface area contributed by atoms with E-state index in [2.05, 4.69) is 15.5 Å². The number of nitrogens with one attached hydrogen (secondary N) is 1. The molecule has 6 nitrogen and oxygen atoms in total. The number of benzene rings is 1. The SMILES string of the molecule is OC(CNCc1ccccn1)COc1cccc(-c2noc3ccsc23)c1. The molecule has 1 atom stereocenters. The van der Waals surface area contributed by atoms with E-state index >= 15 is 0 Å². The fraction of sp³-hybridized carbons (Fsp3) is 0.200. The third-order valence-corrected chi connectivity index (χ3v) is 4.94. The van der Waals surface area contributed by atoms with Gasteiger partial charge in [-0.3, -0.25) is 4.98 Å². The van der Waals surface area contributed by atoms with Gasteiger partial charge in [0.05, 0.1) is 5.69 Å². The summed E-state index contributed by atoms with van der Waals surface area (Å²) in [5, 5.41) is 19.4. The van der Waals surface area contributed by atoms with Crippen molar-refractivity contribution in [2.24, 2.45) is 0 Å². The highest BCUT2D eigenvalue weighted by molar-refractivity contribution is 7.17. The van der Waals surface area contributed by atoms with Crippen molar-refractivity contribution in [3.8, 4) is 17.0 Å². The lowest BCUT2D eigenvalue weighted by Gasteiger charge is -2.13. The second-order valence-corrected chi connectivity index (χ2v) is 7.01. The summed E-state index contributed by atoms with van der Waals surface area (Å²) in [6, 6.07) is 15.3. The summed E-state index contributed by atoms with van der Waals surface area (Å²) >= 11 is 1.60. The van der Waals surface area contributed by atoms with E-state index in [0.29, 0.717) is 18.8 Å². The number of hydrogen-bond acceptors (Lipinski definition) is 7. The van der Waals surface area contributed by atoms with Gasteiger partial charge in [0.2, 0.25) is 0 Å². The molecular formula is C20H19N3O3S. The van der Waals surface area contributed by atoms with Crippen LogP contribution in [0, 0.1) is 0 Å². The summed E-state index contributed by atoms with van der Waals surface area (Å²) in [7, 11) is 0. The molecule has 1 aromatic carbocycles. The largest absolute Gasteiger partial charge is 0.491 e. The van der Waals surface area contributed by atoms with Gasteiger partial charge in [0.25, 0.3) is 0 Å². The fourth-order valence-corrected chi connectivity index (χ4v) is 3.53. The maximum absolute atomic E-state index is 10.1. The predicted molar refractivity (Wildman–Crippen MR) is 105 cm³/mol. The minimum absolute atomic E-state index is 0.200. The Morgan fingerprint density at radius 1 is 1.19 bits per heavy atom. The summed E-state index contributed by atoms with van der Waals surface area (Å²) in [5.41, 5.74) is 3.46. The quantitative estimate of drug-likeness (QED) is 0.486. The Bertz CT molecular complexity index is 1000. The van der Waals surface area contributed by atoms with Crippen molar-refractivity contribution >= 4 is 21.6 Å². The van der Waals surface area contributed by atoms with Crippen molar-refractivity contribution < 1.29 is 14.4 Å². The summed E-state index contributed by atoms with van der Waals surface area (Å²) in [6.07, 6.45) is 1.14. The number of aliphatic hydroxyl groups is 1. The molecule has 4 rings (SSSR count). The number of thiophene rings is 1. The maximum Gasteiger partial charge on any atom is 0.178 e. The molecular weight excluding hydrogens is 362 g/mol. The number of hydrogen-bond donors (Lipinski definition) is 2. The van der Waals surface area contributed by atoms with Gasteiger partial charge in [0.15, 0.2) is 5.58 Å². The molecule has 27 heavy (non-hydrogen) atoms. The number of nitrogens with zero attached hydrogens (tertiary/aromatic N) is 2. The molecule has 0 aliphatic rings. The second kappa shape index (κ2) is 8.30. The molecule has 7 heteroatoms. The molecule has 0 radical (unpaired) electrons.